The van der Waals surface area contributed by atoms with Gasteiger partial charge in [-0.3, -0.25) is 14.5 Å². The molecule has 19 heavy (non-hydrogen) atoms. The number of rotatable bonds is 3. The molecule has 1 aliphatic carbocycles. The van der Waals surface area contributed by atoms with Gasteiger partial charge in [-0.15, -0.1) is 0 Å². The van der Waals surface area contributed by atoms with Crippen LogP contribution in [0.1, 0.15) is 44.9 Å². The molecule has 2 N–H and O–H groups in total. The van der Waals surface area contributed by atoms with Gasteiger partial charge in [-0.1, -0.05) is 25.7 Å². The summed E-state index contributed by atoms with van der Waals surface area (Å²) < 4.78 is 0. The fraction of sp³-hybridized carbons (Fsp3) is 0.857. The third-order valence-corrected chi connectivity index (χ3v) is 4.62. The van der Waals surface area contributed by atoms with Crippen LogP contribution >= 0.6 is 0 Å². The van der Waals surface area contributed by atoms with E-state index in [2.05, 4.69) is 4.90 Å². The molecule has 0 radical (unpaired) electrons. The van der Waals surface area contributed by atoms with E-state index in [-0.39, 0.29) is 0 Å². The Bertz CT molecular complexity index is 336. The van der Waals surface area contributed by atoms with Crippen molar-refractivity contribution < 1.29 is 19.8 Å². The topological polar surface area (TPSA) is 77.8 Å². The second-order valence-corrected chi connectivity index (χ2v) is 5.82. The summed E-state index contributed by atoms with van der Waals surface area (Å²) in [7, 11) is 0. The van der Waals surface area contributed by atoms with Crippen molar-refractivity contribution >= 4 is 11.9 Å². The summed E-state index contributed by atoms with van der Waals surface area (Å²) in [6.45, 7) is 1.13. The Kier molecular flexibility index (Phi) is 4.80. The first-order valence-electron chi connectivity index (χ1n) is 7.29. The standard InChI is InChI=1S/C14H23NO4/c16-13(17)11-7-8-15(9-12(11)14(18)19)10-5-3-1-2-4-6-10/h10-12H,1-9H2,(H,16,17)(H,18,19). The lowest BCUT2D eigenvalue weighted by Crippen LogP contribution is -2.50. The maximum atomic E-state index is 11.3. The molecule has 108 valence electrons. The van der Waals surface area contributed by atoms with Gasteiger partial charge in [0.25, 0.3) is 0 Å². The predicted octanol–water partition coefficient (Wildman–Crippen LogP) is 1.82. The van der Waals surface area contributed by atoms with Crippen molar-refractivity contribution in [1.29, 1.82) is 0 Å². The highest BCUT2D eigenvalue weighted by Crippen LogP contribution is 2.30. The summed E-state index contributed by atoms with van der Waals surface area (Å²) in [6, 6.07) is 0.457. The van der Waals surface area contributed by atoms with Crippen molar-refractivity contribution in [2.75, 3.05) is 13.1 Å². The monoisotopic (exact) mass is 269 g/mol. The molecular weight excluding hydrogens is 246 g/mol. The minimum Gasteiger partial charge on any atom is -0.481 e. The van der Waals surface area contributed by atoms with E-state index in [1.54, 1.807) is 0 Å². The molecule has 2 rings (SSSR count). The Morgan fingerprint density at radius 3 is 1.95 bits per heavy atom. The predicted molar refractivity (Wildman–Crippen MR) is 69.9 cm³/mol. The highest BCUT2D eigenvalue weighted by molar-refractivity contribution is 5.80. The molecule has 2 fully saturated rings. The van der Waals surface area contributed by atoms with Crippen LogP contribution in [0.3, 0.4) is 0 Å². The Hall–Kier alpha value is -1.10. The molecule has 2 unspecified atom stereocenters. The zero-order valence-corrected chi connectivity index (χ0v) is 11.3. The van der Waals surface area contributed by atoms with Gasteiger partial charge in [0.1, 0.15) is 0 Å². The molecule has 0 aromatic carbocycles. The Balaban J connectivity index is 2.01. The molecular formula is C14H23NO4. The van der Waals surface area contributed by atoms with Crippen molar-refractivity contribution in [1.82, 2.24) is 4.90 Å². The molecule has 5 nitrogen and oxygen atoms in total. The van der Waals surface area contributed by atoms with Crippen LogP contribution in [0.4, 0.5) is 0 Å². The molecule has 1 saturated carbocycles. The highest BCUT2D eigenvalue weighted by Gasteiger charge is 2.40. The van der Waals surface area contributed by atoms with Crippen molar-refractivity contribution in [3.8, 4) is 0 Å². The van der Waals surface area contributed by atoms with Gasteiger partial charge in [0.05, 0.1) is 11.8 Å². The van der Waals surface area contributed by atoms with Gasteiger partial charge in [0.2, 0.25) is 0 Å². The smallest absolute Gasteiger partial charge is 0.308 e. The summed E-state index contributed by atoms with van der Waals surface area (Å²) >= 11 is 0. The normalized spacial score (nSPS) is 30.7. The number of piperidine rings is 1. The summed E-state index contributed by atoms with van der Waals surface area (Å²) in [4.78, 5) is 24.6. The van der Waals surface area contributed by atoms with Crippen LogP contribution in [0.25, 0.3) is 0 Å². The fourth-order valence-electron chi connectivity index (χ4n) is 3.48. The zero-order chi connectivity index (χ0) is 13.8. The first kappa shape index (κ1) is 14.3. The number of carboxylic acids is 2. The van der Waals surface area contributed by atoms with E-state index in [1.807, 2.05) is 0 Å². The van der Waals surface area contributed by atoms with Crippen molar-refractivity contribution in [3.63, 3.8) is 0 Å². The van der Waals surface area contributed by atoms with Gasteiger partial charge >= 0.3 is 11.9 Å². The van der Waals surface area contributed by atoms with Crippen LogP contribution in [0, 0.1) is 11.8 Å². The Morgan fingerprint density at radius 2 is 1.42 bits per heavy atom. The van der Waals surface area contributed by atoms with E-state index in [0.29, 0.717) is 19.0 Å². The van der Waals surface area contributed by atoms with Gasteiger partial charge in [0.15, 0.2) is 0 Å². The quantitative estimate of drug-likeness (QED) is 0.764. The van der Waals surface area contributed by atoms with Crippen LogP contribution < -0.4 is 0 Å². The van der Waals surface area contributed by atoms with E-state index < -0.39 is 23.8 Å². The van der Waals surface area contributed by atoms with Crippen LogP contribution in [0.5, 0.6) is 0 Å². The summed E-state index contributed by atoms with van der Waals surface area (Å²) in [5, 5.41) is 18.4. The number of aliphatic carboxylic acids is 2. The molecule has 2 atom stereocenters. The van der Waals surface area contributed by atoms with Crippen LogP contribution in [-0.2, 0) is 9.59 Å². The van der Waals surface area contributed by atoms with Crippen LogP contribution in [-0.4, -0.2) is 46.2 Å². The second kappa shape index (κ2) is 6.37. The Labute approximate surface area is 113 Å². The molecule has 1 saturated heterocycles. The summed E-state index contributed by atoms with van der Waals surface area (Å²) in [6.07, 6.45) is 7.67. The molecule has 0 aromatic rings. The van der Waals surface area contributed by atoms with E-state index in [9.17, 15) is 14.7 Å². The minimum atomic E-state index is -0.967. The maximum Gasteiger partial charge on any atom is 0.308 e. The van der Waals surface area contributed by atoms with Crippen molar-refractivity contribution in [2.24, 2.45) is 11.8 Å². The minimum absolute atomic E-state index is 0.400. The molecule has 0 aromatic heterocycles. The van der Waals surface area contributed by atoms with Crippen LogP contribution in [0.15, 0.2) is 0 Å². The second-order valence-electron chi connectivity index (χ2n) is 5.82. The van der Waals surface area contributed by atoms with E-state index >= 15 is 0 Å². The average molecular weight is 269 g/mol. The first-order valence-corrected chi connectivity index (χ1v) is 7.29. The number of nitrogens with zero attached hydrogens (tertiary/aromatic N) is 1. The highest BCUT2D eigenvalue weighted by atomic mass is 16.4. The van der Waals surface area contributed by atoms with Gasteiger partial charge in [0, 0.05) is 12.6 Å². The van der Waals surface area contributed by atoms with E-state index in [4.69, 9.17) is 5.11 Å². The lowest BCUT2D eigenvalue weighted by molar-refractivity contribution is -0.157. The first-order chi connectivity index (χ1) is 9.09. The largest absolute Gasteiger partial charge is 0.481 e. The molecule has 2 aliphatic rings. The third kappa shape index (κ3) is 3.47. The lowest BCUT2D eigenvalue weighted by atomic mass is 9.84. The molecule has 5 heteroatoms. The SMILES string of the molecule is O=C(O)C1CCN(C2CCCCCC2)CC1C(=O)O. The van der Waals surface area contributed by atoms with Gasteiger partial charge in [-0.05, 0) is 25.8 Å². The molecule has 1 aliphatic heterocycles. The molecule has 1 heterocycles. The summed E-state index contributed by atoms with van der Waals surface area (Å²) in [5.74, 6) is -3.41. The maximum absolute atomic E-state index is 11.3. The molecule has 0 bridgehead atoms. The van der Waals surface area contributed by atoms with Gasteiger partial charge < -0.3 is 10.2 Å². The number of likely N-dealkylation sites (tertiary alicyclic amines) is 1. The van der Waals surface area contributed by atoms with E-state index in [0.717, 1.165) is 19.4 Å². The zero-order valence-electron chi connectivity index (χ0n) is 11.3. The van der Waals surface area contributed by atoms with Crippen LogP contribution in [0.2, 0.25) is 0 Å². The number of carbonyl (C=O) groups is 2. The molecule has 0 spiro atoms. The van der Waals surface area contributed by atoms with Gasteiger partial charge in [-0.2, -0.15) is 0 Å². The number of hydrogen-bond donors (Lipinski definition) is 2. The van der Waals surface area contributed by atoms with Crippen molar-refractivity contribution in [2.45, 2.75) is 51.0 Å². The molecule has 0 amide bonds. The number of carboxylic acid groups (broad SMARTS) is 2. The summed E-state index contributed by atoms with van der Waals surface area (Å²) in [5.41, 5.74) is 0. The lowest BCUT2D eigenvalue weighted by Gasteiger charge is -2.39. The fourth-order valence-corrected chi connectivity index (χ4v) is 3.48. The van der Waals surface area contributed by atoms with Gasteiger partial charge in [-0.25, -0.2) is 0 Å². The average Bonchev–Trinajstić information content (AvgIpc) is 2.66. The number of hydrogen-bond acceptors (Lipinski definition) is 3. The van der Waals surface area contributed by atoms with Crippen molar-refractivity contribution in [3.05, 3.63) is 0 Å². The third-order valence-electron chi connectivity index (χ3n) is 4.62. The van der Waals surface area contributed by atoms with E-state index in [1.165, 1.54) is 25.7 Å². The Morgan fingerprint density at radius 1 is 0.842 bits per heavy atom.